The number of ether oxygens (including phenoxy) is 1. The molecule has 2 aromatic carbocycles. The lowest BCUT2D eigenvalue weighted by Gasteiger charge is -2.18. The summed E-state index contributed by atoms with van der Waals surface area (Å²) in [5.41, 5.74) is 1.97. The third-order valence-electron chi connectivity index (χ3n) is 6.01. The molecule has 0 aliphatic carbocycles. The first-order chi connectivity index (χ1) is 19.1. The molecule has 11 heteroatoms. The first-order valence-corrected chi connectivity index (χ1v) is 13.6. The van der Waals surface area contributed by atoms with Crippen LogP contribution in [-0.4, -0.2) is 34.8 Å². The second-order valence-corrected chi connectivity index (χ2v) is 11.6. The van der Waals surface area contributed by atoms with Gasteiger partial charge in [0.1, 0.15) is 16.5 Å². The lowest BCUT2D eigenvalue weighted by molar-refractivity contribution is -0.115. The van der Waals surface area contributed by atoms with Crippen LogP contribution < -0.4 is 10.1 Å². The molecule has 3 aromatic heterocycles. The van der Waals surface area contributed by atoms with Crippen LogP contribution in [0.3, 0.4) is 0 Å². The van der Waals surface area contributed by atoms with Crippen molar-refractivity contribution in [1.29, 1.82) is 0 Å². The van der Waals surface area contributed by atoms with Crippen molar-refractivity contribution in [3.63, 3.8) is 0 Å². The summed E-state index contributed by atoms with van der Waals surface area (Å²) in [7, 11) is -1.62. The number of aryl methyl sites for hydroxylation is 1. The van der Waals surface area contributed by atoms with Gasteiger partial charge in [-0.25, -0.2) is 18.6 Å². The van der Waals surface area contributed by atoms with E-state index in [0.29, 0.717) is 38.4 Å². The highest BCUT2D eigenvalue weighted by Gasteiger charge is 2.18. The molecule has 1 unspecified atom stereocenters. The average Bonchev–Trinajstić information content (AvgIpc) is 3.39. The zero-order chi connectivity index (χ0) is 28.4. The highest BCUT2D eigenvalue weighted by molar-refractivity contribution is 7.85. The monoisotopic (exact) mass is 558 g/mol. The first kappa shape index (κ1) is 27.1. The Bertz CT molecular complexity index is 1710. The zero-order valence-corrected chi connectivity index (χ0v) is 23.2. The van der Waals surface area contributed by atoms with E-state index in [1.165, 1.54) is 18.5 Å². The Balaban J connectivity index is 1.36. The fourth-order valence-electron chi connectivity index (χ4n) is 4.08. The molecule has 0 saturated heterocycles. The minimum absolute atomic E-state index is 0.0202. The largest absolute Gasteiger partial charge is 0.453 e. The highest BCUT2D eigenvalue weighted by Crippen LogP contribution is 2.34. The maximum atomic E-state index is 15.3. The van der Waals surface area contributed by atoms with Gasteiger partial charge in [0, 0.05) is 35.1 Å². The van der Waals surface area contributed by atoms with Gasteiger partial charge < -0.3 is 10.1 Å². The van der Waals surface area contributed by atoms with E-state index < -0.39 is 16.6 Å². The zero-order valence-electron chi connectivity index (χ0n) is 22.4. The number of nitrogens with zero attached hydrogens (tertiary/aromatic N) is 5. The Kier molecular flexibility index (Phi) is 7.40. The van der Waals surface area contributed by atoms with E-state index in [1.807, 2.05) is 20.8 Å². The summed E-state index contributed by atoms with van der Waals surface area (Å²) >= 11 is 0. The highest BCUT2D eigenvalue weighted by atomic mass is 32.2. The molecule has 0 spiro atoms. The Hall–Kier alpha value is -4.51. The second-order valence-electron chi connectivity index (χ2n) is 10.2. The molecular formula is C29H27FN6O3S. The summed E-state index contributed by atoms with van der Waals surface area (Å²) in [6.07, 6.45) is 7.93. The lowest BCUT2D eigenvalue weighted by atomic mass is 10.1. The number of carbonyl (C=O) groups is 1. The van der Waals surface area contributed by atoms with Gasteiger partial charge in [-0.2, -0.15) is 5.10 Å². The molecular weight excluding hydrogens is 531 g/mol. The standard InChI is InChI=1S/C29H27FN6O3S/c1-18-12-19(14-26(37)35-20-16-34-36(17-20)29(2,3)4)13-23(30)27(18)39-25-8-11-31-24-7-6-21(15-22(24)25)40(38)28-32-9-5-10-33-28/h5-13,15-17H,14H2,1-4H3,(H,35,37). The van der Waals surface area contributed by atoms with Gasteiger partial charge in [0.2, 0.25) is 11.1 Å². The van der Waals surface area contributed by atoms with Gasteiger partial charge >= 0.3 is 0 Å². The van der Waals surface area contributed by atoms with E-state index >= 15 is 4.39 Å². The molecule has 0 saturated carbocycles. The van der Waals surface area contributed by atoms with Crippen LogP contribution >= 0.6 is 0 Å². The summed E-state index contributed by atoms with van der Waals surface area (Å²) in [5, 5.41) is 7.82. The van der Waals surface area contributed by atoms with Crippen molar-refractivity contribution >= 4 is 33.3 Å². The molecule has 1 N–H and O–H groups in total. The van der Waals surface area contributed by atoms with Crippen molar-refractivity contribution in [2.24, 2.45) is 0 Å². The quantitative estimate of drug-likeness (QED) is 0.260. The molecule has 0 bridgehead atoms. The molecule has 40 heavy (non-hydrogen) atoms. The predicted octanol–water partition coefficient (Wildman–Crippen LogP) is 5.56. The van der Waals surface area contributed by atoms with Crippen molar-refractivity contribution in [3.05, 3.63) is 90.4 Å². The minimum Gasteiger partial charge on any atom is -0.453 e. The fraction of sp³-hybridized carbons (Fsp3) is 0.207. The fourth-order valence-corrected chi connectivity index (χ4v) is 5.02. The van der Waals surface area contributed by atoms with Gasteiger partial charge in [0.05, 0.1) is 29.4 Å². The maximum Gasteiger partial charge on any atom is 0.228 e. The van der Waals surface area contributed by atoms with Crippen molar-refractivity contribution in [2.75, 3.05) is 5.32 Å². The third-order valence-corrected chi connectivity index (χ3v) is 7.24. The predicted molar refractivity (Wildman–Crippen MR) is 149 cm³/mol. The van der Waals surface area contributed by atoms with Gasteiger partial charge in [-0.1, -0.05) is 6.07 Å². The van der Waals surface area contributed by atoms with Gasteiger partial charge in [-0.15, -0.1) is 0 Å². The van der Waals surface area contributed by atoms with Crippen molar-refractivity contribution in [3.8, 4) is 11.5 Å². The molecule has 3 heterocycles. The number of anilines is 1. The van der Waals surface area contributed by atoms with Crippen molar-refractivity contribution in [1.82, 2.24) is 24.7 Å². The summed E-state index contributed by atoms with van der Waals surface area (Å²) in [6.45, 7) is 7.74. The maximum absolute atomic E-state index is 15.3. The first-order valence-electron chi connectivity index (χ1n) is 12.5. The molecule has 5 aromatic rings. The Morgan fingerprint density at radius 1 is 1.07 bits per heavy atom. The van der Waals surface area contributed by atoms with Crippen LogP contribution in [0, 0.1) is 12.7 Å². The third kappa shape index (κ3) is 5.89. The van der Waals surface area contributed by atoms with Gasteiger partial charge in [0.15, 0.2) is 11.6 Å². The number of amides is 1. The summed E-state index contributed by atoms with van der Waals surface area (Å²) in [4.78, 5) is 25.6. The van der Waals surface area contributed by atoms with E-state index in [4.69, 9.17) is 4.74 Å². The topological polar surface area (TPSA) is 112 Å². The van der Waals surface area contributed by atoms with Crippen LogP contribution in [0.4, 0.5) is 10.1 Å². The van der Waals surface area contributed by atoms with Crippen molar-refractivity contribution < 1.29 is 18.1 Å². The van der Waals surface area contributed by atoms with Crippen LogP contribution in [0.15, 0.2) is 83.5 Å². The van der Waals surface area contributed by atoms with Gasteiger partial charge in [0.25, 0.3) is 0 Å². The molecule has 0 aliphatic rings. The number of aromatic nitrogens is 5. The smallest absolute Gasteiger partial charge is 0.228 e. The van der Waals surface area contributed by atoms with Crippen LogP contribution in [0.2, 0.25) is 0 Å². The number of halogens is 1. The normalized spacial score (nSPS) is 12.3. The summed E-state index contributed by atoms with van der Waals surface area (Å²) < 4.78 is 36.1. The number of benzene rings is 2. The second kappa shape index (κ2) is 10.9. The molecule has 1 atom stereocenters. The number of hydrogen-bond acceptors (Lipinski definition) is 7. The van der Waals surface area contributed by atoms with E-state index in [1.54, 1.807) is 66.6 Å². The Morgan fingerprint density at radius 3 is 2.55 bits per heavy atom. The number of nitrogens with one attached hydrogen (secondary N) is 1. The van der Waals surface area contributed by atoms with Crippen molar-refractivity contribution in [2.45, 2.75) is 49.7 Å². The molecule has 0 radical (unpaired) electrons. The molecule has 204 valence electrons. The minimum atomic E-state index is -1.62. The van der Waals surface area contributed by atoms with E-state index in [9.17, 15) is 9.00 Å². The molecule has 0 fully saturated rings. The molecule has 9 nitrogen and oxygen atoms in total. The Morgan fingerprint density at radius 2 is 1.85 bits per heavy atom. The van der Waals surface area contributed by atoms with E-state index in [0.717, 1.165) is 0 Å². The SMILES string of the molecule is Cc1cc(CC(=O)Nc2cnn(C(C)(C)C)c2)cc(F)c1Oc1ccnc2ccc(S(=O)c3ncccn3)cc12. The van der Waals surface area contributed by atoms with Crippen LogP contribution in [-0.2, 0) is 27.6 Å². The van der Waals surface area contributed by atoms with Gasteiger partial charge in [-0.05, 0) is 75.2 Å². The summed E-state index contributed by atoms with van der Waals surface area (Å²) in [6, 6.07) is 11.3. The van der Waals surface area contributed by atoms with Gasteiger partial charge in [-0.3, -0.25) is 14.5 Å². The number of rotatable bonds is 7. The number of hydrogen-bond donors (Lipinski definition) is 1. The summed E-state index contributed by atoms with van der Waals surface area (Å²) in [5.74, 6) is -0.517. The number of carbonyl (C=O) groups excluding carboxylic acids is 1. The molecule has 1 amide bonds. The number of fused-ring (bicyclic) bond motifs is 1. The number of pyridine rings is 1. The average molecular weight is 559 g/mol. The Labute approximate surface area is 232 Å². The van der Waals surface area contributed by atoms with Crippen LogP contribution in [0.5, 0.6) is 11.5 Å². The van der Waals surface area contributed by atoms with Crippen LogP contribution in [0.25, 0.3) is 10.9 Å². The van der Waals surface area contributed by atoms with E-state index in [2.05, 4.69) is 25.4 Å². The lowest BCUT2D eigenvalue weighted by Crippen LogP contribution is -2.22. The van der Waals surface area contributed by atoms with Crippen LogP contribution in [0.1, 0.15) is 31.9 Å². The van der Waals surface area contributed by atoms with E-state index in [-0.39, 0.29) is 28.8 Å². The molecule has 5 rings (SSSR count). The molecule has 0 aliphatic heterocycles.